The number of carbonyl (C=O) groups is 2. The quantitative estimate of drug-likeness (QED) is 0.500. The summed E-state index contributed by atoms with van der Waals surface area (Å²) in [4.78, 5) is 27.4. The summed E-state index contributed by atoms with van der Waals surface area (Å²) in [5.74, 6) is -1.43. The second-order valence-electron chi connectivity index (χ2n) is 7.40. The zero-order valence-electron chi connectivity index (χ0n) is 17.3. The third-order valence-corrected chi connectivity index (χ3v) is 5.33. The second-order valence-corrected chi connectivity index (χ2v) is 7.84. The summed E-state index contributed by atoms with van der Waals surface area (Å²) in [5.41, 5.74) is 3.68. The SMILES string of the molecule is C=Cc1cc(Cl)ccc1C(=O)N(Cc1cccc(C)c1)[C@@H](Cc1ccccc1)C(=O)O. The largest absolute Gasteiger partial charge is 0.480 e. The molecular formula is C26H24ClNO3. The molecule has 0 unspecified atom stereocenters. The van der Waals surface area contributed by atoms with E-state index in [2.05, 4.69) is 6.58 Å². The molecule has 5 heteroatoms. The van der Waals surface area contributed by atoms with Crippen LogP contribution < -0.4 is 0 Å². The Balaban J connectivity index is 2.05. The highest BCUT2D eigenvalue weighted by Crippen LogP contribution is 2.23. The highest BCUT2D eigenvalue weighted by Gasteiger charge is 2.31. The number of benzene rings is 3. The molecule has 3 aromatic carbocycles. The maximum absolute atomic E-state index is 13.6. The molecule has 1 atom stereocenters. The summed E-state index contributed by atoms with van der Waals surface area (Å²) >= 11 is 6.08. The number of aryl methyl sites for hydroxylation is 1. The monoisotopic (exact) mass is 433 g/mol. The van der Waals surface area contributed by atoms with Gasteiger partial charge in [-0.1, -0.05) is 84.4 Å². The number of halogens is 1. The summed E-state index contributed by atoms with van der Waals surface area (Å²) in [6.45, 7) is 5.90. The first-order valence-electron chi connectivity index (χ1n) is 9.94. The van der Waals surface area contributed by atoms with Crippen molar-refractivity contribution in [3.05, 3.63) is 112 Å². The van der Waals surface area contributed by atoms with Crippen molar-refractivity contribution in [3.8, 4) is 0 Å². The molecule has 0 fully saturated rings. The lowest BCUT2D eigenvalue weighted by molar-refractivity contribution is -0.142. The Morgan fingerprint density at radius 1 is 1.03 bits per heavy atom. The number of carbonyl (C=O) groups excluding carboxylic acids is 1. The van der Waals surface area contributed by atoms with Crippen LogP contribution in [0.3, 0.4) is 0 Å². The van der Waals surface area contributed by atoms with E-state index in [9.17, 15) is 14.7 Å². The Morgan fingerprint density at radius 3 is 2.39 bits per heavy atom. The van der Waals surface area contributed by atoms with Crippen LogP contribution in [0, 0.1) is 6.92 Å². The third kappa shape index (κ3) is 5.62. The Hall–Kier alpha value is -3.37. The molecule has 31 heavy (non-hydrogen) atoms. The van der Waals surface area contributed by atoms with Crippen LogP contribution in [-0.2, 0) is 17.8 Å². The summed E-state index contributed by atoms with van der Waals surface area (Å²) in [6.07, 6.45) is 1.75. The number of carboxylic acid groups (broad SMARTS) is 1. The summed E-state index contributed by atoms with van der Waals surface area (Å²) in [6, 6.07) is 20.9. The Morgan fingerprint density at radius 2 is 1.74 bits per heavy atom. The van der Waals surface area contributed by atoms with Gasteiger partial charge >= 0.3 is 5.97 Å². The number of aliphatic carboxylic acids is 1. The van der Waals surface area contributed by atoms with Gasteiger partial charge in [-0.25, -0.2) is 4.79 Å². The van der Waals surface area contributed by atoms with Crippen LogP contribution in [0.4, 0.5) is 0 Å². The number of rotatable bonds is 8. The number of hydrogen-bond acceptors (Lipinski definition) is 2. The van der Waals surface area contributed by atoms with Crippen molar-refractivity contribution in [1.82, 2.24) is 4.90 Å². The fourth-order valence-corrected chi connectivity index (χ4v) is 3.73. The highest BCUT2D eigenvalue weighted by atomic mass is 35.5. The first kappa shape index (κ1) is 22.3. The number of amides is 1. The lowest BCUT2D eigenvalue weighted by atomic mass is 10.0. The summed E-state index contributed by atoms with van der Waals surface area (Å²) in [7, 11) is 0. The van der Waals surface area contributed by atoms with Gasteiger partial charge in [-0.15, -0.1) is 0 Å². The molecule has 0 saturated carbocycles. The maximum atomic E-state index is 13.6. The fraction of sp³-hybridized carbons (Fsp3) is 0.154. The summed E-state index contributed by atoms with van der Waals surface area (Å²) < 4.78 is 0. The minimum absolute atomic E-state index is 0.170. The molecule has 3 aromatic rings. The van der Waals surface area contributed by atoms with E-state index in [-0.39, 0.29) is 18.9 Å². The molecule has 158 valence electrons. The first-order chi connectivity index (χ1) is 14.9. The van der Waals surface area contributed by atoms with E-state index in [1.807, 2.05) is 61.5 Å². The van der Waals surface area contributed by atoms with Gasteiger partial charge in [0, 0.05) is 23.6 Å². The number of hydrogen-bond donors (Lipinski definition) is 1. The predicted octanol–water partition coefficient (Wildman–Crippen LogP) is 5.63. The second kappa shape index (κ2) is 10.1. The van der Waals surface area contributed by atoms with Gasteiger partial charge in [-0.05, 0) is 41.8 Å². The van der Waals surface area contributed by atoms with Gasteiger partial charge in [0.05, 0.1) is 0 Å². The lowest BCUT2D eigenvalue weighted by Crippen LogP contribution is -2.46. The molecule has 0 bridgehead atoms. The summed E-state index contributed by atoms with van der Waals surface area (Å²) in [5, 5.41) is 10.6. The van der Waals surface area contributed by atoms with Crippen molar-refractivity contribution in [2.45, 2.75) is 25.9 Å². The van der Waals surface area contributed by atoms with Gasteiger partial charge in [-0.3, -0.25) is 4.79 Å². The molecule has 0 aliphatic rings. The molecule has 0 aliphatic heterocycles. The van der Waals surface area contributed by atoms with Crippen molar-refractivity contribution in [1.29, 1.82) is 0 Å². The lowest BCUT2D eigenvalue weighted by Gasteiger charge is -2.30. The molecule has 0 aliphatic carbocycles. The Labute approximate surface area is 187 Å². The zero-order valence-corrected chi connectivity index (χ0v) is 18.0. The first-order valence-corrected chi connectivity index (χ1v) is 10.3. The average molecular weight is 434 g/mol. The van der Waals surface area contributed by atoms with Gasteiger partial charge in [0.2, 0.25) is 0 Å². The standard InChI is InChI=1S/C26H24ClNO3/c1-3-21-16-22(27)12-13-23(21)25(29)28(17-20-11-7-8-18(2)14-20)24(26(30)31)15-19-9-5-4-6-10-19/h3-14,16,24H,1,15,17H2,2H3,(H,30,31)/t24-/m0/s1. The van der Waals surface area contributed by atoms with E-state index in [1.54, 1.807) is 24.3 Å². The van der Waals surface area contributed by atoms with Crippen LogP contribution in [0.2, 0.25) is 5.02 Å². The van der Waals surface area contributed by atoms with Crippen LogP contribution in [0.5, 0.6) is 0 Å². The topological polar surface area (TPSA) is 57.6 Å². The molecule has 0 heterocycles. The normalized spacial score (nSPS) is 11.5. The maximum Gasteiger partial charge on any atom is 0.326 e. The minimum atomic E-state index is -1.06. The Kier molecular flexibility index (Phi) is 7.27. The molecule has 1 amide bonds. The third-order valence-electron chi connectivity index (χ3n) is 5.09. The van der Waals surface area contributed by atoms with Gasteiger partial charge in [0.25, 0.3) is 5.91 Å². The van der Waals surface area contributed by atoms with E-state index < -0.39 is 12.0 Å². The van der Waals surface area contributed by atoms with E-state index in [0.29, 0.717) is 16.1 Å². The van der Waals surface area contributed by atoms with E-state index in [0.717, 1.165) is 16.7 Å². The van der Waals surface area contributed by atoms with Crippen molar-refractivity contribution < 1.29 is 14.7 Å². The highest BCUT2D eigenvalue weighted by molar-refractivity contribution is 6.30. The minimum Gasteiger partial charge on any atom is -0.480 e. The molecule has 0 saturated heterocycles. The van der Waals surface area contributed by atoms with E-state index in [1.165, 1.54) is 4.90 Å². The van der Waals surface area contributed by atoms with Gasteiger partial charge in [0.15, 0.2) is 0 Å². The van der Waals surface area contributed by atoms with Crippen molar-refractivity contribution in [3.63, 3.8) is 0 Å². The van der Waals surface area contributed by atoms with Crippen LogP contribution in [0.15, 0.2) is 79.4 Å². The van der Waals surface area contributed by atoms with Crippen LogP contribution >= 0.6 is 11.6 Å². The van der Waals surface area contributed by atoms with Crippen molar-refractivity contribution >= 4 is 29.6 Å². The fourth-order valence-electron chi connectivity index (χ4n) is 3.55. The molecule has 0 aromatic heterocycles. The molecule has 1 N–H and O–H groups in total. The van der Waals surface area contributed by atoms with Gasteiger partial charge in [-0.2, -0.15) is 0 Å². The van der Waals surface area contributed by atoms with E-state index >= 15 is 0 Å². The molecule has 0 spiro atoms. The smallest absolute Gasteiger partial charge is 0.326 e. The predicted molar refractivity (Wildman–Crippen MR) is 124 cm³/mol. The van der Waals surface area contributed by atoms with Crippen molar-refractivity contribution in [2.75, 3.05) is 0 Å². The van der Waals surface area contributed by atoms with Crippen LogP contribution in [-0.4, -0.2) is 27.9 Å². The zero-order chi connectivity index (χ0) is 22.4. The molecule has 0 radical (unpaired) electrons. The number of nitrogens with zero attached hydrogens (tertiary/aromatic N) is 1. The molecule has 4 nitrogen and oxygen atoms in total. The van der Waals surface area contributed by atoms with Gasteiger partial charge in [0.1, 0.15) is 6.04 Å². The Bertz CT molecular complexity index is 1090. The number of carboxylic acids is 1. The molecule has 3 rings (SSSR count). The average Bonchev–Trinajstić information content (AvgIpc) is 2.76. The van der Waals surface area contributed by atoms with E-state index in [4.69, 9.17) is 11.6 Å². The molecular weight excluding hydrogens is 410 g/mol. The van der Waals surface area contributed by atoms with Crippen LogP contribution in [0.1, 0.15) is 32.6 Å². The van der Waals surface area contributed by atoms with Crippen LogP contribution in [0.25, 0.3) is 6.08 Å². The van der Waals surface area contributed by atoms with Crippen molar-refractivity contribution in [2.24, 2.45) is 0 Å². The van der Waals surface area contributed by atoms with Gasteiger partial charge < -0.3 is 10.0 Å².